The molecule has 0 saturated carbocycles. The van der Waals surface area contributed by atoms with E-state index in [9.17, 15) is 4.79 Å². The molecule has 70 valence electrons. The molecule has 0 aliphatic heterocycles. The number of hydrogen-bond acceptors (Lipinski definition) is 6. The summed E-state index contributed by atoms with van der Waals surface area (Å²) < 4.78 is 0. The highest BCUT2D eigenvalue weighted by Crippen LogP contribution is 1.97. The Hall–Kier alpha value is -0.980. The molecule has 0 saturated heterocycles. The molecule has 0 aliphatic carbocycles. The fourth-order valence-electron chi connectivity index (χ4n) is 0.589. The van der Waals surface area contributed by atoms with Crippen LogP contribution in [0.3, 0.4) is 0 Å². The molecule has 0 aromatic rings. The zero-order chi connectivity index (χ0) is 9.72. The van der Waals surface area contributed by atoms with Crippen molar-refractivity contribution in [1.82, 2.24) is 0 Å². The monoisotopic (exact) mass is 177 g/mol. The number of carbonyl (C=O) groups is 1. The predicted molar refractivity (Wildman–Crippen MR) is 39.0 cm³/mol. The van der Waals surface area contributed by atoms with Gasteiger partial charge < -0.3 is 20.5 Å². The molecule has 0 radical (unpaired) electrons. The van der Waals surface area contributed by atoms with E-state index in [0.717, 1.165) is 6.92 Å². The van der Waals surface area contributed by atoms with Crippen molar-refractivity contribution in [3.8, 4) is 0 Å². The van der Waals surface area contributed by atoms with Gasteiger partial charge in [0.2, 0.25) is 0 Å². The summed E-state index contributed by atoms with van der Waals surface area (Å²) in [6.07, 6.45) is -3.32. The third kappa shape index (κ3) is 2.57. The first-order valence-corrected chi connectivity index (χ1v) is 3.22. The van der Waals surface area contributed by atoms with E-state index in [-0.39, 0.29) is 0 Å². The molecule has 12 heavy (non-hydrogen) atoms. The normalized spacial score (nSPS) is 17.2. The summed E-state index contributed by atoms with van der Waals surface area (Å²) in [5.74, 6) is -0.669. The smallest absolute Gasteiger partial charge is 0.161 e. The zero-order valence-electron chi connectivity index (χ0n) is 6.51. The number of oxime groups is 1. The molecule has 6 nitrogen and oxygen atoms in total. The Labute approximate surface area is 68.8 Å². The van der Waals surface area contributed by atoms with Crippen LogP contribution in [0.2, 0.25) is 0 Å². The molecule has 0 aliphatic rings. The standard InChI is InChI=1S/C6H11NO5/c1-3(9)5(10)6(11)4(2-8)7-12/h5-6,8,10-12H,2H2,1H3/b7-4-/t5?,6-/m1/s1. The highest BCUT2D eigenvalue weighted by Gasteiger charge is 2.25. The van der Waals surface area contributed by atoms with E-state index in [1.54, 1.807) is 0 Å². The molecule has 4 N–H and O–H groups in total. The first-order chi connectivity index (χ1) is 5.54. The van der Waals surface area contributed by atoms with Crippen LogP contribution in [-0.2, 0) is 4.79 Å². The Balaban J connectivity index is 4.36. The summed E-state index contributed by atoms with van der Waals surface area (Å²) >= 11 is 0. The lowest BCUT2D eigenvalue weighted by atomic mass is 10.1. The lowest BCUT2D eigenvalue weighted by Gasteiger charge is -2.14. The van der Waals surface area contributed by atoms with Gasteiger partial charge in [0.25, 0.3) is 0 Å². The van der Waals surface area contributed by atoms with Gasteiger partial charge in [0.1, 0.15) is 17.9 Å². The van der Waals surface area contributed by atoms with Crippen LogP contribution in [-0.4, -0.2) is 50.8 Å². The Bertz CT molecular complexity index is 190. The van der Waals surface area contributed by atoms with Crippen molar-refractivity contribution in [3.63, 3.8) is 0 Å². The highest BCUT2D eigenvalue weighted by molar-refractivity contribution is 5.95. The van der Waals surface area contributed by atoms with Crippen molar-refractivity contribution in [2.24, 2.45) is 5.16 Å². The minimum Gasteiger partial charge on any atom is -0.411 e. The van der Waals surface area contributed by atoms with Gasteiger partial charge in [-0.2, -0.15) is 0 Å². The van der Waals surface area contributed by atoms with E-state index in [2.05, 4.69) is 5.16 Å². The highest BCUT2D eigenvalue weighted by atomic mass is 16.4. The van der Waals surface area contributed by atoms with Crippen molar-refractivity contribution in [3.05, 3.63) is 0 Å². The van der Waals surface area contributed by atoms with E-state index in [0.29, 0.717) is 0 Å². The number of nitrogens with zero attached hydrogens (tertiary/aromatic N) is 1. The number of rotatable bonds is 4. The van der Waals surface area contributed by atoms with Crippen LogP contribution in [0.4, 0.5) is 0 Å². The van der Waals surface area contributed by atoms with Gasteiger partial charge in [0.15, 0.2) is 5.78 Å². The molecule has 0 heterocycles. The summed E-state index contributed by atoms with van der Waals surface area (Å²) in [6, 6.07) is 0. The number of Topliss-reactive ketones (excluding diaryl/α,β-unsaturated/α-hetero) is 1. The molecule has 2 atom stereocenters. The number of aliphatic hydroxyl groups excluding tert-OH is 3. The second-order valence-corrected chi connectivity index (χ2v) is 2.25. The molecule has 0 spiro atoms. The molecule has 6 heteroatoms. The summed E-state index contributed by atoms with van der Waals surface area (Å²) in [5.41, 5.74) is -0.447. The lowest BCUT2D eigenvalue weighted by Crippen LogP contribution is -2.40. The van der Waals surface area contributed by atoms with Crippen LogP contribution in [0.15, 0.2) is 5.16 Å². The third-order valence-corrected chi connectivity index (χ3v) is 1.35. The summed E-state index contributed by atoms with van der Waals surface area (Å²) in [4.78, 5) is 10.5. The first-order valence-electron chi connectivity index (χ1n) is 3.22. The Kier molecular flexibility index (Phi) is 4.42. The Morgan fingerprint density at radius 1 is 1.42 bits per heavy atom. The topological polar surface area (TPSA) is 110 Å². The SMILES string of the molecule is CC(=O)C(O)[C@H](O)/C(CO)=N\O. The molecular weight excluding hydrogens is 166 g/mol. The molecule has 0 aromatic heterocycles. The van der Waals surface area contributed by atoms with Crippen LogP contribution >= 0.6 is 0 Å². The quantitative estimate of drug-likeness (QED) is 0.228. The van der Waals surface area contributed by atoms with Crippen molar-refractivity contribution in [2.75, 3.05) is 6.61 Å². The molecule has 0 fully saturated rings. The average molecular weight is 177 g/mol. The number of carbonyl (C=O) groups excluding carboxylic acids is 1. The van der Waals surface area contributed by atoms with Gasteiger partial charge in [-0.1, -0.05) is 5.16 Å². The summed E-state index contributed by atoms with van der Waals surface area (Å²) in [6.45, 7) is 0.349. The summed E-state index contributed by atoms with van der Waals surface area (Å²) in [5, 5.41) is 37.1. The number of ketones is 1. The molecule has 1 unspecified atom stereocenters. The number of hydrogen-bond donors (Lipinski definition) is 4. The van der Waals surface area contributed by atoms with Crippen molar-refractivity contribution in [1.29, 1.82) is 0 Å². The predicted octanol–water partition coefficient (Wildman–Crippen LogP) is -1.88. The Morgan fingerprint density at radius 2 is 1.92 bits per heavy atom. The van der Waals surface area contributed by atoms with E-state index >= 15 is 0 Å². The maximum atomic E-state index is 10.5. The minimum atomic E-state index is -1.66. The maximum absolute atomic E-state index is 10.5. The number of aliphatic hydroxyl groups is 3. The zero-order valence-corrected chi connectivity index (χ0v) is 6.51. The van der Waals surface area contributed by atoms with E-state index in [1.165, 1.54) is 0 Å². The van der Waals surface area contributed by atoms with Crippen LogP contribution < -0.4 is 0 Å². The van der Waals surface area contributed by atoms with E-state index in [4.69, 9.17) is 20.5 Å². The van der Waals surface area contributed by atoms with Gasteiger partial charge in [0.05, 0.1) is 6.61 Å². The van der Waals surface area contributed by atoms with Crippen LogP contribution in [0.25, 0.3) is 0 Å². The second-order valence-electron chi connectivity index (χ2n) is 2.25. The first kappa shape index (κ1) is 11.0. The largest absolute Gasteiger partial charge is 0.411 e. The fourth-order valence-corrected chi connectivity index (χ4v) is 0.589. The van der Waals surface area contributed by atoms with E-state index < -0.39 is 30.3 Å². The second kappa shape index (κ2) is 4.81. The van der Waals surface area contributed by atoms with Crippen LogP contribution in [0.5, 0.6) is 0 Å². The lowest BCUT2D eigenvalue weighted by molar-refractivity contribution is -0.128. The Morgan fingerprint density at radius 3 is 2.17 bits per heavy atom. The van der Waals surface area contributed by atoms with Crippen molar-refractivity contribution >= 4 is 11.5 Å². The van der Waals surface area contributed by atoms with Crippen molar-refractivity contribution < 1.29 is 25.3 Å². The fraction of sp³-hybridized carbons (Fsp3) is 0.667. The summed E-state index contributed by atoms with van der Waals surface area (Å²) in [7, 11) is 0. The molecule has 0 rings (SSSR count). The van der Waals surface area contributed by atoms with Gasteiger partial charge in [-0.25, -0.2) is 0 Å². The van der Waals surface area contributed by atoms with Gasteiger partial charge >= 0.3 is 0 Å². The third-order valence-electron chi connectivity index (χ3n) is 1.35. The molecular formula is C6H11NO5. The van der Waals surface area contributed by atoms with Gasteiger partial charge in [-0.15, -0.1) is 0 Å². The van der Waals surface area contributed by atoms with E-state index in [1.807, 2.05) is 0 Å². The van der Waals surface area contributed by atoms with Crippen LogP contribution in [0.1, 0.15) is 6.92 Å². The van der Waals surface area contributed by atoms with Crippen LogP contribution in [0, 0.1) is 0 Å². The molecule has 0 aromatic carbocycles. The molecule has 0 bridgehead atoms. The van der Waals surface area contributed by atoms with Gasteiger partial charge in [-0.3, -0.25) is 4.79 Å². The van der Waals surface area contributed by atoms with Crippen molar-refractivity contribution in [2.45, 2.75) is 19.1 Å². The molecule has 0 amide bonds. The van der Waals surface area contributed by atoms with Gasteiger partial charge in [0, 0.05) is 0 Å². The van der Waals surface area contributed by atoms with Gasteiger partial charge in [-0.05, 0) is 6.92 Å². The average Bonchev–Trinajstić information content (AvgIpc) is 2.05. The minimum absolute atomic E-state index is 0.447. The maximum Gasteiger partial charge on any atom is 0.161 e.